The first-order chi connectivity index (χ1) is 8.22. The summed E-state index contributed by atoms with van der Waals surface area (Å²) in [6, 6.07) is 4.18. The van der Waals surface area contributed by atoms with Crippen molar-refractivity contribution in [2.75, 3.05) is 31.6 Å². The van der Waals surface area contributed by atoms with E-state index in [2.05, 4.69) is 27.4 Å². The van der Waals surface area contributed by atoms with Crippen LogP contribution in [0.25, 0.3) is 0 Å². The first-order valence-corrected chi connectivity index (χ1v) is 5.88. The zero-order valence-electron chi connectivity index (χ0n) is 10.2. The average molecular weight is 234 g/mol. The highest BCUT2D eigenvalue weighted by Gasteiger charge is 2.18. The molecule has 0 saturated carbocycles. The molecular weight excluding hydrogens is 216 g/mol. The van der Waals surface area contributed by atoms with E-state index in [1.54, 1.807) is 19.3 Å². The van der Waals surface area contributed by atoms with Crippen molar-refractivity contribution in [3.8, 4) is 0 Å². The third kappa shape index (κ3) is 2.55. The van der Waals surface area contributed by atoms with Crippen LogP contribution in [0.15, 0.2) is 18.3 Å². The standard InChI is InChI=1S/C12H18N4O/c1-9-7-14-5-6-16(9)10-3-4-11(15-8-10)12(17)13-2/h3-4,8-9,14H,5-7H2,1-2H3,(H,13,17)/t9-/m0/s1. The lowest BCUT2D eigenvalue weighted by Gasteiger charge is -2.35. The number of nitrogens with one attached hydrogen (secondary N) is 2. The van der Waals surface area contributed by atoms with Crippen molar-refractivity contribution in [2.45, 2.75) is 13.0 Å². The number of carbonyl (C=O) groups excluding carboxylic acids is 1. The number of anilines is 1. The molecule has 0 spiro atoms. The van der Waals surface area contributed by atoms with Crippen molar-refractivity contribution in [1.82, 2.24) is 15.6 Å². The van der Waals surface area contributed by atoms with E-state index in [1.807, 2.05) is 6.07 Å². The molecule has 2 N–H and O–H groups in total. The Bertz CT molecular complexity index is 390. The van der Waals surface area contributed by atoms with Gasteiger partial charge in [-0.2, -0.15) is 0 Å². The van der Waals surface area contributed by atoms with Gasteiger partial charge >= 0.3 is 0 Å². The van der Waals surface area contributed by atoms with Crippen LogP contribution < -0.4 is 15.5 Å². The number of hydrogen-bond donors (Lipinski definition) is 2. The topological polar surface area (TPSA) is 57.3 Å². The maximum Gasteiger partial charge on any atom is 0.269 e. The van der Waals surface area contributed by atoms with Gasteiger partial charge in [-0.1, -0.05) is 0 Å². The zero-order valence-corrected chi connectivity index (χ0v) is 10.2. The molecule has 1 atom stereocenters. The fraction of sp³-hybridized carbons (Fsp3) is 0.500. The zero-order chi connectivity index (χ0) is 12.3. The van der Waals surface area contributed by atoms with Crippen LogP contribution in [0.1, 0.15) is 17.4 Å². The van der Waals surface area contributed by atoms with E-state index in [0.29, 0.717) is 11.7 Å². The Balaban J connectivity index is 2.14. The summed E-state index contributed by atoms with van der Waals surface area (Å²) in [6.07, 6.45) is 1.77. The second kappa shape index (κ2) is 5.14. The molecule has 1 amide bonds. The molecule has 0 unspecified atom stereocenters. The Kier molecular flexibility index (Phi) is 3.58. The van der Waals surface area contributed by atoms with Crippen molar-refractivity contribution < 1.29 is 4.79 Å². The Morgan fingerprint density at radius 3 is 3.00 bits per heavy atom. The van der Waals surface area contributed by atoms with E-state index < -0.39 is 0 Å². The Morgan fingerprint density at radius 2 is 2.41 bits per heavy atom. The predicted octanol–water partition coefficient (Wildman–Crippen LogP) is 0.239. The first-order valence-electron chi connectivity index (χ1n) is 5.88. The summed E-state index contributed by atoms with van der Waals surface area (Å²) >= 11 is 0. The minimum atomic E-state index is -0.148. The number of aromatic nitrogens is 1. The summed E-state index contributed by atoms with van der Waals surface area (Å²) in [7, 11) is 1.61. The maximum absolute atomic E-state index is 11.4. The number of hydrogen-bond acceptors (Lipinski definition) is 4. The van der Waals surface area contributed by atoms with E-state index in [0.717, 1.165) is 25.3 Å². The van der Waals surface area contributed by atoms with E-state index >= 15 is 0 Å². The van der Waals surface area contributed by atoms with Gasteiger partial charge in [0.1, 0.15) is 5.69 Å². The van der Waals surface area contributed by atoms with Crippen LogP contribution in [-0.2, 0) is 0 Å². The molecule has 2 heterocycles. The van der Waals surface area contributed by atoms with E-state index in [9.17, 15) is 4.79 Å². The van der Waals surface area contributed by atoms with Crippen molar-refractivity contribution in [2.24, 2.45) is 0 Å². The Labute approximate surface area is 101 Å². The number of pyridine rings is 1. The second-order valence-electron chi connectivity index (χ2n) is 4.23. The van der Waals surface area contributed by atoms with E-state index in [-0.39, 0.29) is 5.91 Å². The third-order valence-corrected chi connectivity index (χ3v) is 3.04. The highest BCUT2D eigenvalue weighted by molar-refractivity contribution is 5.92. The van der Waals surface area contributed by atoms with E-state index in [1.165, 1.54) is 0 Å². The molecule has 1 saturated heterocycles. The van der Waals surface area contributed by atoms with Gasteiger partial charge in [-0.25, -0.2) is 4.98 Å². The molecule has 1 aromatic heterocycles. The molecule has 5 heteroatoms. The van der Waals surface area contributed by atoms with Crippen molar-refractivity contribution in [3.63, 3.8) is 0 Å². The van der Waals surface area contributed by atoms with Crippen LogP contribution in [0.5, 0.6) is 0 Å². The van der Waals surface area contributed by atoms with Crippen LogP contribution in [0, 0.1) is 0 Å². The van der Waals surface area contributed by atoms with Gasteiger partial charge in [0.2, 0.25) is 0 Å². The molecular formula is C12H18N4O. The van der Waals surface area contributed by atoms with E-state index in [4.69, 9.17) is 0 Å². The summed E-state index contributed by atoms with van der Waals surface area (Å²) in [5.74, 6) is -0.148. The fourth-order valence-electron chi connectivity index (χ4n) is 2.04. The van der Waals surface area contributed by atoms with Gasteiger partial charge in [0.25, 0.3) is 5.91 Å². The van der Waals surface area contributed by atoms with Crippen LogP contribution in [0.4, 0.5) is 5.69 Å². The number of rotatable bonds is 2. The minimum absolute atomic E-state index is 0.148. The quantitative estimate of drug-likeness (QED) is 0.769. The summed E-state index contributed by atoms with van der Waals surface area (Å²) in [5, 5.41) is 5.91. The number of nitrogens with zero attached hydrogens (tertiary/aromatic N) is 2. The Morgan fingerprint density at radius 1 is 1.59 bits per heavy atom. The molecule has 92 valence electrons. The fourth-order valence-corrected chi connectivity index (χ4v) is 2.04. The van der Waals surface area contributed by atoms with Crippen LogP contribution in [0.3, 0.4) is 0 Å². The molecule has 2 rings (SSSR count). The number of amides is 1. The summed E-state index contributed by atoms with van der Waals surface area (Å²) in [5.41, 5.74) is 1.53. The smallest absolute Gasteiger partial charge is 0.269 e. The number of piperazine rings is 1. The van der Waals surface area contributed by atoms with Gasteiger partial charge in [0.05, 0.1) is 11.9 Å². The average Bonchev–Trinajstić information content (AvgIpc) is 2.39. The molecule has 0 aromatic carbocycles. The van der Waals surface area contributed by atoms with Gasteiger partial charge in [-0.3, -0.25) is 4.79 Å². The van der Waals surface area contributed by atoms with Gasteiger partial charge < -0.3 is 15.5 Å². The summed E-state index contributed by atoms with van der Waals surface area (Å²) in [4.78, 5) is 17.9. The van der Waals surface area contributed by atoms with Crippen LogP contribution in [-0.4, -0.2) is 43.6 Å². The third-order valence-electron chi connectivity index (χ3n) is 3.04. The van der Waals surface area contributed by atoms with Crippen molar-refractivity contribution >= 4 is 11.6 Å². The molecule has 0 bridgehead atoms. The Hall–Kier alpha value is -1.62. The molecule has 17 heavy (non-hydrogen) atoms. The molecule has 0 aliphatic carbocycles. The number of carbonyl (C=O) groups is 1. The van der Waals surface area contributed by atoms with Gasteiger partial charge in [0.15, 0.2) is 0 Å². The molecule has 1 aliphatic heterocycles. The first kappa shape index (κ1) is 11.9. The van der Waals surface area contributed by atoms with Gasteiger partial charge in [-0.05, 0) is 19.1 Å². The molecule has 5 nitrogen and oxygen atoms in total. The van der Waals surface area contributed by atoms with Crippen LogP contribution >= 0.6 is 0 Å². The highest BCUT2D eigenvalue weighted by Crippen LogP contribution is 2.17. The SMILES string of the molecule is CNC(=O)c1ccc(N2CCNC[C@@H]2C)cn1. The molecule has 0 radical (unpaired) electrons. The summed E-state index contributed by atoms with van der Waals surface area (Å²) < 4.78 is 0. The molecule has 1 aromatic rings. The van der Waals surface area contributed by atoms with Crippen LogP contribution in [0.2, 0.25) is 0 Å². The highest BCUT2D eigenvalue weighted by atomic mass is 16.1. The van der Waals surface area contributed by atoms with Crippen molar-refractivity contribution in [1.29, 1.82) is 0 Å². The van der Waals surface area contributed by atoms with Gasteiger partial charge in [0, 0.05) is 32.7 Å². The predicted molar refractivity (Wildman–Crippen MR) is 67.3 cm³/mol. The van der Waals surface area contributed by atoms with Crippen molar-refractivity contribution in [3.05, 3.63) is 24.0 Å². The largest absolute Gasteiger partial charge is 0.365 e. The normalized spacial score (nSPS) is 20.1. The molecule has 1 aliphatic rings. The monoisotopic (exact) mass is 234 g/mol. The van der Waals surface area contributed by atoms with Gasteiger partial charge in [-0.15, -0.1) is 0 Å². The minimum Gasteiger partial charge on any atom is -0.365 e. The second-order valence-corrected chi connectivity index (χ2v) is 4.23. The maximum atomic E-state index is 11.4. The molecule has 1 fully saturated rings. The lowest BCUT2D eigenvalue weighted by molar-refractivity contribution is 0.0958. The lowest BCUT2D eigenvalue weighted by Crippen LogP contribution is -2.50. The summed E-state index contributed by atoms with van der Waals surface area (Å²) in [6.45, 7) is 5.12. The lowest BCUT2D eigenvalue weighted by atomic mass is 10.2.